The minimum atomic E-state index is -0.866. The van der Waals surface area contributed by atoms with Gasteiger partial charge in [0.25, 0.3) is 0 Å². The molecule has 27 heavy (non-hydrogen) atoms. The van der Waals surface area contributed by atoms with Crippen LogP contribution in [-0.2, 0) is 9.59 Å². The fourth-order valence-corrected chi connectivity index (χ4v) is 4.24. The maximum Gasteiger partial charge on any atom is 0.311 e. The van der Waals surface area contributed by atoms with Crippen LogP contribution in [0, 0.1) is 0 Å². The zero-order valence-corrected chi connectivity index (χ0v) is 16.2. The molecular weight excluding hydrogens is 340 g/mol. The number of ether oxygens (including phenoxy) is 1. The molecule has 1 heterocycles. The van der Waals surface area contributed by atoms with Crippen LogP contribution in [-0.4, -0.2) is 36.9 Å². The fourth-order valence-electron chi connectivity index (χ4n) is 4.24. The van der Waals surface area contributed by atoms with E-state index in [1.807, 2.05) is 0 Å². The number of likely N-dealkylation sites (tertiary alicyclic amines) is 1. The normalized spacial score (nSPS) is 18.7. The summed E-state index contributed by atoms with van der Waals surface area (Å²) < 4.78 is 5.59. The van der Waals surface area contributed by atoms with Crippen molar-refractivity contribution in [1.29, 1.82) is 0 Å². The number of amides is 2. The molecule has 2 fully saturated rings. The molecule has 2 amide bonds. The second kappa shape index (κ2) is 9.07. The number of allylic oxidation sites excluding steroid dienone is 1. The van der Waals surface area contributed by atoms with Crippen LogP contribution in [0.5, 0.6) is 5.75 Å². The van der Waals surface area contributed by atoms with E-state index >= 15 is 0 Å². The molecule has 2 aliphatic rings. The number of carbonyl (C=O) groups excluding carboxylic acids is 2. The van der Waals surface area contributed by atoms with E-state index in [4.69, 9.17) is 10.5 Å². The number of rotatable bonds is 3. The second-order valence-corrected chi connectivity index (χ2v) is 7.65. The third kappa shape index (κ3) is 4.90. The van der Waals surface area contributed by atoms with E-state index in [0.717, 1.165) is 24.2 Å². The van der Waals surface area contributed by atoms with Crippen LogP contribution in [0.1, 0.15) is 68.4 Å². The molecule has 1 aromatic carbocycles. The Balaban J connectivity index is 1.74. The largest absolute Gasteiger partial charge is 0.496 e. The number of hydrogen-bond acceptors (Lipinski definition) is 3. The summed E-state index contributed by atoms with van der Waals surface area (Å²) >= 11 is 0. The van der Waals surface area contributed by atoms with Crippen molar-refractivity contribution in [3.05, 3.63) is 34.9 Å². The first-order chi connectivity index (χ1) is 13.1. The predicted molar refractivity (Wildman–Crippen MR) is 106 cm³/mol. The highest BCUT2D eigenvalue weighted by Gasteiger charge is 2.26. The van der Waals surface area contributed by atoms with E-state index in [9.17, 15) is 9.59 Å². The summed E-state index contributed by atoms with van der Waals surface area (Å²) in [7, 11) is 1.72. The number of piperidine rings is 1. The van der Waals surface area contributed by atoms with Crippen molar-refractivity contribution in [2.75, 3.05) is 20.2 Å². The van der Waals surface area contributed by atoms with Crippen molar-refractivity contribution in [2.45, 2.75) is 57.3 Å². The Hall–Kier alpha value is -2.30. The lowest BCUT2D eigenvalue weighted by Gasteiger charge is -2.31. The Morgan fingerprint density at radius 2 is 1.78 bits per heavy atom. The van der Waals surface area contributed by atoms with E-state index in [1.165, 1.54) is 49.7 Å². The number of nitrogens with zero attached hydrogens (tertiary/aromatic N) is 1. The number of methoxy groups -OCH3 is 1. The van der Waals surface area contributed by atoms with Gasteiger partial charge in [0.2, 0.25) is 0 Å². The Kier molecular flexibility index (Phi) is 6.54. The van der Waals surface area contributed by atoms with Crippen molar-refractivity contribution in [2.24, 2.45) is 5.73 Å². The van der Waals surface area contributed by atoms with Crippen molar-refractivity contribution < 1.29 is 14.3 Å². The molecule has 1 aliphatic heterocycles. The Bertz CT molecular complexity index is 708. The van der Waals surface area contributed by atoms with Gasteiger partial charge in [-0.25, -0.2) is 0 Å². The maximum absolute atomic E-state index is 11.8. The zero-order chi connectivity index (χ0) is 19.2. The first-order valence-electron chi connectivity index (χ1n) is 10.0. The third-order valence-corrected chi connectivity index (χ3v) is 5.82. The highest BCUT2D eigenvalue weighted by Crippen LogP contribution is 2.33. The van der Waals surface area contributed by atoms with Gasteiger partial charge in [-0.3, -0.25) is 9.59 Å². The van der Waals surface area contributed by atoms with Gasteiger partial charge in [0.15, 0.2) is 0 Å². The lowest BCUT2D eigenvalue weighted by molar-refractivity contribution is -0.144. The molecule has 5 heteroatoms. The molecule has 0 aromatic heterocycles. The quantitative estimate of drug-likeness (QED) is 0.652. The summed E-state index contributed by atoms with van der Waals surface area (Å²) in [5, 5.41) is 0. The Morgan fingerprint density at radius 3 is 2.37 bits per heavy atom. The van der Waals surface area contributed by atoms with Crippen molar-refractivity contribution in [3.63, 3.8) is 0 Å². The fraction of sp³-hybridized carbons (Fsp3) is 0.545. The Labute approximate surface area is 161 Å². The summed E-state index contributed by atoms with van der Waals surface area (Å²) in [5.41, 5.74) is 9.07. The standard InChI is InChI=1S/C22H30N2O3/c1-27-20-9-8-18(15-19(20)14-16-6-4-2-3-5-7-16)17-10-12-24(13-11-17)22(26)21(23)25/h8-9,14-15,17H,2-7,10-13H2,1H3,(H2,23,25). The summed E-state index contributed by atoms with van der Waals surface area (Å²) in [6.45, 7) is 1.16. The van der Waals surface area contributed by atoms with Gasteiger partial charge in [0, 0.05) is 18.7 Å². The average Bonchev–Trinajstić information content (AvgIpc) is 2.96. The van der Waals surface area contributed by atoms with Gasteiger partial charge in [0.05, 0.1) is 7.11 Å². The average molecular weight is 370 g/mol. The molecule has 5 nitrogen and oxygen atoms in total. The van der Waals surface area contributed by atoms with E-state index < -0.39 is 11.8 Å². The van der Waals surface area contributed by atoms with Gasteiger partial charge in [-0.2, -0.15) is 0 Å². The maximum atomic E-state index is 11.8. The number of hydrogen-bond donors (Lipinski definition) is 1. The number of primary amides is 1. The number of carbonyl (C=O) groups is 2. The monoisotopic (exact) mass is 370 g/mol. The number of nitrogens with two attached hydrogens (primary N) is 1. The molecule has 1 aromatic rings. The van der Waals surface area contributed by atoms with Crippen molar-refractivity contribution in [1.82, 2.24) is 4.90 Å². The second-order valence-electron chi connectivity index (χ2n) is 7.65. The molecule has 146 valence electrons. The van der Waals surface area contributed by atoms with E-state index in [0.29, 0.717) is 19.0 Å². The van der Waals surface area contributed by atoms with E-state index in [1.54, 1.807) is 12.0 Å². The third-order valence-electron chi connectivity index (χ3n) is 5.82. The minimum Gasteiger partial charge on any atom is -0.496 e. The highest BCUT2D eigenvalue weighted by atomic mass is 16.5. The first kappa shape index (κ1) is 19.5. The van der Waals surface area contributed by atoms with Gasteiger partial charge in [-0.15, -0.1) is 0 Å². The SMILES string of the molecule is COc1ccc(C2CCN(C(=O)C(N)=O)CC2)cc1C=C1CCCCCC1. The molecule has 0 spiro atoms. The van der Waals surface area contributed by atoms with Crippen LogP contribution in [0.25, 0.3) is 6.08 Å². The summed E-state index contributed by atoms with van der Waals surface area (Å²) in [4.78, 5) is 24.4. The molecule has 0 bridgehead atoms. The molecule has 2 N–H and O–H groups in total. The van der Waals surface area contributed by atoms with Gasteiger partial charge >= 0.3 is 11.8 Å². The summed E-state index contributed by atoms with van der Waals surface area (Å²) in [5.74, 6) is -0.131. The molecule has 0 radical (unpaired) electrons. The van der Waals surface area contributed by atoms with E-state index in [-0.39, 0.29) is 0 Å². The molecule has 3 rings (SSSR count). The lowest BCUT2D eigenvalue weighted by Crippen LogP contribution is -2.44. The van der Waals surface area contributed by atoms with Gasteiger partial charge in [-0.05, 0) is 62.1 Å². The van der Waals surface area contributed by atoms with Crippen molar-refractivity contribution in [3.8, 4) is 5.75 Å². The van der Waals surface area contributed by atoms with Crippen molar-refractivity contribution >= 4 is 17.9 Å². The lowest BCUT2D eigenvalue weighted by atomic mass is 9.88. The topological polar surface area (TPSA) is 72.6 Å². The van der Waals surface area contributed by atoms with Crippen LogP contribution in [0.2, 0.25) is 0 Å². The summed E-state index contributed by atoms with van der Waals surface area (Å²) in [6, 6.07) is 6.43. The molecule has 0 atom stereocenters. The van der Waals surface area contributed by atoms with Crippen LogP contribution in [0.15, 0.2) is 23.8 Å². The molecule has 1 saturated carbocycles. The van der Waals surface area contributed by atoms with Crippen LogP contribution >= 0.6 is 0 Å². The molecule has 1 aliphatic carbocycles. The van der Waals surface area contributed by atoms with Crippen LogP contribution < -0.4 is 10.5 Å². The zero-order valence-electron chi connectivity index (χ0n) is 16.2. The molecule has 1 saturated heterocycles. The molecule has 0 unspecified atom stereocenters. The van der Waals surface area contributed by atoms with Crippen LogP contribution in [0.4, 0.5) is 0 Å². The van der Waals surface area contributed by atoms with Crippen LogP contribution in [0.3, 0.4) is 0 Å². The number of benzene rings is 1. The first-order valence-corrected chi connectivity index (χ1v) is 10.0. The predicted octanol–water partition coefficient (Wildman–Crippen LogP) is 3.62. The van der Waals surface area contributed by atoms with Gasteiger partial charge in [0.1, 0.15) is 5.75 Å². The summed E-state index contributed by atoms with van der Waals surface area (Å²) in [6.07, 6.45) is 11.6. The minimum absolute atomic E-state index is 0.388. The molecular formula is C22H30N2O3. The van der Waals surface area contributed by atoms with E-state index in [2.05, 4.69) is 24.3 Å². The Morgan fingerprint density at radius 1 is 1.11 bits per heavy atom. The van der Waals surface area contributed by atoms with Gasteiger partial charge < -0.3 is 15.4 Å². The van der Waals surface area contributed by atoms with Gasteiger partial charge in [-0.1, -0.05) is 30.6 Å². The highest BCUT2D eigenvalue weighted by molar-refractivity contribution is 6.34. The smallest absolute Gasteiger partial charge is 0.311 e.